The molecule has 0 radical (unpaired) electrons. The molecule has 1 amide bonds. The number of amides is 1. The summed E-state index contributed by atoms with van der Waals surface area (Å²) in [5.74, 6) is 0.193. The summed E-state index contributed by atoms with van der Waals surface area (Å²) in [4.78, 5) is 26.6. The number of pyridine rings is 2. The van der Waals surface area contributed by atoms with Crippen molar-refractivity contribution in [2.75, 3.05) is 50.6 Å². The number of morpholine rings is 1. The fourth-order valence-corrected chi connectivity index (χ4v) is 5.06. The molecule has 0 bridgehead atoms. The monoisotopic (exact) mass is 501 g/mol. The van der Waals surface area contributed by atoms with Crippen LogP contribution in [0.4, 0.5) is 21.6 Å². The largest absolute Gasteiger partial charge is 0.378 e. The molecular weight excluding hydrogens is 473 g/mol. The number of benzene rings is 1. The second-order valence-electron chi connectivity index (χ2n) is 9.54. The molecule has 0 unspecified atom stereocenters. The van der Waals surface area contributed by atoms with E-state index in [9.17, 15) is 9.18 Å². The summed E-state index contributed by atoms with van der Waals surface area (Å²) in [6, 6.07) is 10.7. The average molecular weight is 502 g/mol. The van der Waals surface area contributed by atoms with Crippen LogP contribution in [0.1, 0.15) is 21.6 Å². The van der Waals surface area contributed by atoms with Gasteiger partial charge in [-0.25, -0.2) is 14.4 Å². The molecule has 190 valence electrons. The zero-order valence-electron chi connectivity index (χ0n) is 20.8. The number of nitrogens with one attached hydrogen (secondary N) is 2. The Morgan fingerprint density at radius 3 is 2.81 bits per heavy atom. The first-order chi connectivity index (χ1) is 18.0. The van der Waals surface area contributed by atoms with Crippen LogP contribution in [0.3, 0.4) is 0 Å². The molecule has 0 atom stereocenters. The summed E-state index contributed by atoms with van der Waals surface area (Å²) < 4.78 is 21.0. The lowest BCUT2D eigenvalue weighted by molar-refractivity contribution is 0.0966. The Hall–Kier alpha value is -4.02. The van der Waals surface area contributed by atoms with E-state index in [0.29, 0.717) is 49.0 Å². The summed E-state index contributed by atoms with van der Waals surface area (Å²) in [7, 11) is 4.05. The Bertz CT molecular complexity index is 1490. The summed E-state index contributed by atoms with van der Waals surface area (Å²) in [6.07, 6.45) is 3.36. The normalized spacial score (nSPS) is 15.4. The zero-order valence-corrected chi connectivity index (χ0v) is 20.8. The van der Waals surface area contributed by atoms with Crippen LogP contribution in [0.5, 0.6) is 0 Å². The number of anilines is 3. The van der Waals surface area contributed by atoms with E-state index < -0.39 is 0 Å². The van der Waals surface area contributed by atoms with Gasteiger partial charge in [0.15, 0.2) is 0 Å². The molecular formula is C27H28FN7O2. The predicted octanol–water partition coefficient (Wildman–Crippen LogP) is 3.42. The lowest BCUT2D eigenvalue weighted by Crippen LogP contribution is -2.37. The molecule has 0 saturated carbocycles. The molecule has 5 heterocycles. The van der Waals surface area contributed by atoms with E-state index in [-0.39, 0.29) is 11.7 Å². The van der Waals surface area contributed by atoms with Crippen molar-refractivity contribution in [3.63, 3.8) is 0 Å². The highest BCUT2D eigenvalue weighted by Crippen LogP contribution is 2.36. The second-order valence-corrected chi connectivity index (χ2v) is 9.54. The number of nitrogens with zero attached hydrogens (tertiary/aromatic N) is 5. The lowest BCUT2D eigenvalue weighted by Gasteiger charge is -2.31. The first kappa shape index (κ1) is 23.4. The number of aromatic nitrogens is 3. The fraction of sp³-hybridized carbons (Fsp3) is 0.296. The molecule has 4 aromatic rings. The Labute approximate surface area is 213 Å². The molecule has 0 spiro atoms. The summed E-state index contributed by atoms with van der Waals surface area (Å²) in [6.45, 7) is 4.17. The predicted molar refractivity (Wildman–Crippen MR) is 140 cm³/mol. The highest BCUT2D eigenvalue weighted by molar-refractivity contribution is 6.06. The van der Waals surface area contributed by atoms with Crippen molar-refractivity contribution in [1.29, 1.82) is 0 Å². The standard InChI is InChI=1S/C27H28FN7O2/c1-33(2)16-21-22(34-9-11-37-12-10-34)5-6-24(32-21)31-20-4-3-18(19-14-30-27(36)26(19)20)23-15-29-25-13-17(28)7-8-35(23)25/h3-8,13,15H,9-12,14,16H2,1-2H3,(H,30,36)(H,31,32). The zero-order chi connectivity index (χ0) is 25.5. The molecule has 6 rings (SSSR count). The Morgan fingerprint density at radius 1 is 1.16 bits per heavy atom. The van der Waals surface area contributed by atoms with Gasteiger partial charge in [0.2, 0.25) is 0 Å². The van der Waals surface area contributed by atoms with Gasteiger partial charge in [0.05, 0.1) is 47.7 Å². The third kappa shape index (κ3) is 4.38. The topological polar surface area (TPSA) is 87.0 Å². The Kier molecular flexibility index (Phi) is 5.97. The van der Waals surface area contributed by atoms with E-state index in [2.05, 4.69) is 31.5 Å². The highest BCUT2D eigenvalue weighted by Gasteiger charge is 2.27. The molecule has 0 aliphatic carbocycles. The fourth-order valence-electron chi connectivity index (χ4n) is 5.06. The maximum Gasteiger partial charge on any atom is 0.254 e. The van der Waals surface area contributed by atoms with Crippen LogP contribution in [0.15, 0.2) is 48.8 Å². The molecule has 10 heteroatoms. The molecule has 2 aliphatic rings. The van der Waals surface area contributed by atoms with Crippen LogP contribution in [0, 0.1) is 5.82 Å². The molecule has 9 nitrogen and oxygen atoms in total. The average Bonchev–Trinajstić information content (AvgIpc) is 3.48. The molecule has 2 N–H and O–H groups in total. The number of fused-ring (bicyclic) bond motifs is 2. The van der Waals surface area contributed by atoms with Crippen LogP contribution >= 0.6 is 0 Å². The van der Waals surface area contributed by atoms with Gasteiger partial charge in [-0.15, -0.1) is 0 Å². The van der Waals surface area contributed by atoms with Crippen LogP contribution in [-0.4, -0.2) is 65.6 Å². The van der Waals surface area contributed by atoms with Crippen molar-refractivity contribution in [2.24, 2.45) is 0 Å². The molecule has 3 aromatic heterocycles. The van der Waals surface area contributed by atoms with Crippen LogP contribution in [0.2, 0.25) is 0 Å². The van der Waals surface area contributed by atoms with Gasteiger partial charge in [0.1, 0.15) is 17.3 Å². The molecule has 37 heavy (non-hydrogen) atoms. The van der Waals surface area contributed by atoms with Gasteiger partial charge in [-0.2, -0.15) is 0 Å². The molecule has 1 aromatic carbocycles. The van der Waals surface area contributed by atoms with Crippen LogP contribution in [0.25, 0.3) is 16.9 Å². The van der Waals surface area contributed by atoms with E-state index >= 15 is 0 Å². The summed E-state index contributed by atoms with van der Waals surface area (Å²) in [5.41, 5.74) is 6.41. The third-order valence-electron chi connectivity index (χ3n) is 6.75. The number of ether oxygens (including phenoxy) is 1. The smallest absolute Gasteiger partial charge is 0.254 e. The number of halogens is 1. The molecule has 1 fully saturated rings. The minimum absolute atomic E-state index is 0.141. The van der Waals surface area contributed by atoms with Crippen molar-refractivity contribution in [1.82, 2.24) is 24.6 Å². The van der Waals surface area contributed by atoms with Crippen molar-refractivity contribution in [3.8, 4) is 11.3 Å². The number of rotatable bonds is 6. The minimum atomic E-state index is -0.341. The number of carbonyl (C=O) groups excluding carboxylic acids is 1. The van der Waals surface area contributed by atoms with Gasteiger partial charge in [0.25, 0.3) is 5.91 Å². The van der Waals surface area contributed by atoms with Crippen LogP contribution < -0.4 is 15.5 Å². The van der Waals surface area contributed by atoms with Crippen LogP contribution in [-0.2, 0) is 17.8 Å². The Morgan fingerprint density at radius 2 is 2.00 bits per heavy atom. The number of hydrogen-bond donors (Lipinski definition) is 2. The first-order valence-electron chi connectivity index (χ1n) is 12.3. The number of hydrogen-bond acceptors (Lipinski definition) is 7. The number of imidazole rings is 1. The highest BCUT2D eigenvalue weighted by atomic mass is 19.1. The van der Waals surface area contributed by atoms with Gasteiger partial charge in [-0.05, 0) is 43.9 Å². The van der Waals surface area contributed by atoms with Gasteiger partial charge in [-0.1, -0.05) is 6.07 Å². The second kappa shape index (κ2) is 9.45. The van der Waals surface area contributed by atoms with Gasteiger partial charge in [0, 0.05) is 44.0 Å². The van der Waals surface area contributed by atoms with Crippen molar-refractivity contribution in [3.05, 3.63) is 71.4 Å². The van der Waals surface area contributed by atoms with E-state index in [1.807, 2.05) is 36.7 Å². The third-order valence-corrected chi connectivity index (χ3v) is 6.75. The van der Waals surface area contributed by atoms with Crippen molar-refractivity contribution in [2.45, 2.75) is 13.1 Å². The van der Waals surface area contributed by atoms with E-state index in [1.54, 1.807) is 12.4 Å². The number of carbonyl (C=O) groups is 1. The maximum absolute atomic E-state index is 13.7. The quantitative estimate of drug-likeness (QED) is 0.419. The lowest BCUT2D eigenvalue weighted by atomic mass is 9.99. The minimum Gasteiger partial charge on any atom is -0.378 e. The van der Waals surface area contributed by atoms with Crippen molar-refractivity contribution >= 4 is 28.7 Å². The first-order valence-corrected chi connectivity index (χ1v) is 12.3. The van der Waals surface area contributed by atoms with Gasteiger partial charge >= 0.3 is 0 Å². The van der Waals surface area contributed by atoms with Crippen molar-refractivity contribution < 1.29 is 13.9 Å². The van der Waals surface area contributed by atoms with E-state index in [1.165, 1.54) is 12.1 Å². The summed E-state index contributed by atoms with van der Waals surface area (Å²) in [5, 5.41) is 6.34. The Balaban J connectivity index is 1.37. The van der Waals surface area contributed by atoms with E-state index in [4.69, 9.17) is 9.72 Å². The summed E-state index contributed by atoms with van der Waals surface area (Å²) >= 11 is 0. The van der Waals surface area contributed by atoms with Gasteiger partial charge < -0.3 is 25.2 Å². The maximum atomic E-state index is 13.7. The molecule has 2 aliphatic heterocycles. The van der Waals surface area contributed by atoms with Gasteiger partial charge in [-0.3, -0.25) is 9.20 Å². The SMILES string of the molecule is CN(C)Cc1nc(Nc2ccc(-c3cnc4cc(F)ccn34)c3c2C(=O)NC3)ccc1N1CCOCC1. The van der Waals surface area contributed by atoms with E-state index in [0.717, 1.165) is 41.3 Å². The molecule has 1 saturated heterocycles.